The van der Waals surface area contributed by atoms with Crippen molar-refractivity contribution in [2.45, 2.75) is 6.92 Å². The number of anilines is 1. The van der Waals surface area contributed by atoms with Crippen LogP contribution in [0.15, 0.2) is 42.5 Å². The van der Waals surface area contributed by atoms with Gasteiger partial charge in [-0.25, -0.2) is 0 Å². The molecule has 2 aromatic carbocycles. The third-order valence-corrected chi connectivity index (χ3v) is 3.23. The van der Waals surface area contributed by atoms with E-state index in [2.05, 4.69) is 5.32 Å². The van der Waals surface area contributed by atoms with Crippen molar-refractivity contribution in [2.24, 2.45) is 0 Å². The molecule has 122 valence electrons. The Kier molecular flexibility index (Phi) is 5.53. The molecule has 2 aromatic rings. The number of nitriles is 1. The van der Waals surface area contributed by atoms with Crippen LogP contribution < -0.4 is 14.8 Å². The molecule has 0 unspecified atom stereocenters. The SMILES string of the molecule is COc1cc(C(C)=O)ccc1OCC(=O)Nc1ccc(C#N)cc1. The summed E-state index contributed by atoms with van der Waals surface area (Å²) in [7, 11) is 1.46. The lowest BCUT2D eigenvalue weighted by atomic mass is 10.1. The molecule has 0 radical (unpaired) electrons. The zero-order valence-electron chi connectivity index (χ0n) is 13.3. The van der Waals surface area contributed by atoms with E-state index in [1.807, 2.05) is 6.07 Å². The number of amides is 1. The van der Waals surface area contributed by atoms with E-state index in [9.17, 15) is 9.59 Å². The molecule has 6 nitrogen and oxygen atoms in total. The first kappa shape index (κ1) is 17.0. The average Bonchev–Trinajstić information content (AvgIpc) is 2.60. The summed E-state index contributed by atoms with van der Waals surface area (Å²) in [6, 6.07) is 13.3. The number of Topliss-reactive ketones (excluding diaryl/α,β-unsaturated/α-hetero) is 1. The van der Waals surface area contributed by atoms with Crippen LogP contribution in [0.4, 0.5) is 5.69 Å². The minimum Gasteiger partial charge on any atom is -0.493 e. The van der Waals surface area contributed by atoms with E-state index in [4.69, 9.17) is 14.7 Å². The van der Waals surface area contributed by atoms with E-state index in [0.717, 1.165) is 0 Å². The van der Waals surface area contributed by atoms with Crippen LogP contribution in [0.5, 0.6) is 11.5 Å². The van der Waals surface area contributed by atoms with Gasteiger partial charge in [0.2, 0.25) is 0 Å². The summed E-state index contributed by atoms with van der Waals surface area (Å²) in [6.07, 6.45) is 0. The topological polar surface area (TPSA) is 88.4 Å². The number of ether oxygens (including phenoxy) is 2. The number of hydrogen-bond acceptors (Lipinski definition) is 5. The van der Waals surface area contributed by atoms with Crippen molar-refractivity contribution in [3.63, 3.8) is 0 Å². The number of rotatable bonds is 6. The van der Waals surface area contributed by atoms with Gasteiger partial charge in [0.15, 0.2) is 23.9 Å². The van der Waals surface area contributed by atoms with Gasteiger partial charge in [-0.15, -0.1) is 0 Å². The minimum absolute atomic E-state index is 0.0848. The first-order chi connectivity index (χ1) is 11.5. The number of ketones is 1. The quantitative estimate of drug-likeness (QED) is 0.825. The lowest BCUT2D eigenvalue weighted by molar-refractivity contribution is -0.118. The number of hydrogen-bond donors (Lipinski definition) is 1. The molecule has 0 aliphatic rings. The van der Waals surface area contributed by atoms with Gasteiger partial charge in [-0.05, 0) is 49.4 Å². The van der Waals surface area contributed by atoms with Crippen LogP contribution in [0.3, 0.4) is 0 Å². The molecule has 0 spiro atoms. The summed E-state index contributed by atoms with van der Waals surface area (Å²) < 4.78 is 10.6. The third-order valence-electron chi connectivity index (χ3n) is 3.23. The summed E-state index contributed by atoms with van der Waals surface area (Å²) in [5.74, 6) is 0.321. The van der Waals surface area contributed by atoms with Crippen LogP contribution in [0.25, 0.3) is 0 Å². The molecule has 0 aromatic heterocycles. The molecule has 2 rings (SSSR count). The summed E-state index contributed by atoms with van der Waals surface area (Å²) in [5, 5.41) is 11.4. The van der Waals surface area contributed by atoms with Crippen LogP contribution in [-0.4, -0.2) is 25.4 Å². The summed E-state index contributed by atoms with van der Waals surface area (Å²) in [6.45, 7) is 1.25. The molecule has 0 saturated carbocycles. The van der Waals surface area contributed by atoms with E-state index in [0.29, 0.717) is 28.3 Å². The first-order valence-corrected chi connectivity index (χ1v) is 7.15. The monoisotopic (exact) mass is 324 g/mol. The van der Waals surface area contributed by atoms with E-state index in [1.165, 1.54) is 14.0 Å². The Morgan fingerprint density at radius 3 is 2.42 bits per heavy atom. The van der Waals surface area contributed by atoms with Gasteiger partial charge in [-0.3, -0.25) is 9.59 Å². The standard InChI is InChI=1S/C18H16N2O4/c1-12(21)14-5-8-16(17(9-14)23-2)24-11-18(22)20-15-6-3-13(10-19)4-7-15/h3-9H,11H2,1-2H3,(H,20,22). The molecule has 1 N–H and O–H groups in total. The smallest absolute Gasteiger partial charge is 0.262 e. The van der Waals surface area contributed by atoms with Gasteiger partial charge in [0.1, 0.15) is 0 Å². The largest absolute Gasteiger partial charge is 0.493 e. The predicted molar refractivity (Wildman–Crippen MR) is 88.3 cm³/mol. The van der Waals surface area contributed by atoms with Gasteiger partial charge < -0.3 is 14.8 Å². The molecule has 0 aliphatic heterocycles. The zero-order valence-corrected chi connectivity index (χ0v) is 13.3. The van der Waals surface area contributed by atoms with Crippen molar-refractivity contribution in [2.75, 3.05) is 19.0 Å². The fourth-order valence-electron chi connectivity index (χ4n) is 1.97. The number of carbonyl (C=O) groups is 2. The Bertz CT molecular complexity index is 792. The minimum atomic E-state index is -0.350. The third kappa shape index (κ3) is 4.34. The van der Waals surface area contributed by atoms with Crippen LogP contribution in [0.1, 0.15) is 22.8 Å². The molecule has 0 aliphatic carbocycles. The van der Waals surface area contributed by atoms with Crippen LogP contribution in [0.2, 0.25) is 0 Å². The number of carbonyl (C=O) groups excluding carboxylic acids is 2. The highest BCUT2D eigenvalue weighted by molar-refractivity contribution is 5.95. The molecule has 0 atom stereocenters. The Labute approximate surface area is 139 Å². The van der Waals surface area contributed by atoms with Gasteiger partial charge in [-0.2, -0.15) is 5.26 Å². The second kappa shape index (κ2) is 7.79. The maximum absolute atomic E-state index is 11.9. The molecular formula is C18H16N2O4. The van der Waals surface area contributed by atoms with Crippen molar-refractivity contribution < 1.29 is 19.1 Å². The molecule has 0 fully saturated rings. The lowest BCUT2D eigenvalue weighted by Crippen LogP contribution is -2.20. The van der Waals surface area contributed by atoms with E-state index in [1.54, 1.807) is 42.5 Å². The van der Waals surface area contributed by atoms with Gasteiger partial charge in [0.05, 0.1) is 18.7 Å². The van der Waals surface area contributed by atoms with Gasteiger partial charge in [0, 0.05) is 11.3 Å². The normalized spacial score (nSPS) is 9.71. The van der Waals surface area contributed by atoms with Crippen molar-refractivity contribution in [1.82, 2.24) is 0 Å². The van der Waals surface area contributed by atoms with Crippen LogP contribution >= 0.6 is 0 Å². The maximum Gasteiger partial charge on any atom is 0.262 e. The van der Waals surface area contributed by atoms with Crippen molar-refractivity contribution >= 4 is 17.4 Å². The van der Waals surface area contributed by atoms with Crippen LogP contribution in [0, 0.1) is 11.3 Å². The summed E-state index contributed by atoms with van der Waals surface area (Å²) in [5.41, 5.74) is 1.59. The van der Waals surface area contributed by atoms with Gasteiger partial charge in [0.25, 0.3) is 5.91 Å². The number of methoxy groups -OCH3 is 1. The van der Waals surface area contributed by atoms with E-state index < -0.39 is 0 Å². The number of nitrogens with zero attached hydrogens (tertiary/aromatic N) is 1. The van der Waals surface area contributed by atoms with Gasteiger partial charge in [-0.1, -0.05) is 0 Å². The Hall–Kier alpha value is -3.33. The Balaban J connectivity index is 1.98. The first-order valence-electron chi connectivity index (χ1n) is 7.15. The highest BCUT2D eigenvalue weighted by atomic mass is 16.5. The zero-order chi connectivity index (χ0) is 17.5. The molecule has 0 heterocycles. The highest BCUT2D eigenvalue weighted by Crippen LogP contribution is 2.28. The van der Waals surface area contributed by atoms with E-state index >= 15 is 0 Å². The van der Waals surface area contributed by atoms with Crippen molar-refractivity contribution in [3.8, 4) is 17.6 Å². The molecule has 0 saturated heterocycles. The van der Waals surface area contributed by atoms with Crippen molar-refractivity contribution in [1.29, 1.82) is 5.26 Å². The summed E-state index contributed by atoms with van der Waals surface area (Å²) in [4.78, 5) is 23.3. The Morgan fingerprint density at radius 1 is 1.12 bits per heavy atom. The lowest BCUT2D eigenvalue weighted by Gasteiger charge is -2.11. The highest BCUT2D eigenvalue weighted by Gasteiger charge is 2.10. The molecule has 6 heteroatoms. The number of benzene rings is 2. The molecular weight excluding hydrogens is 308 g/mol. The Morgan fingerprint density at radius 2 is 1.83 bits per heavy atom. The molecule has 1 amide bonds. The predicted octanol–water partition coefficient (Wildman–Crippen LogP) is 2.79. The second-order valence-corrected chi connectivity index (χ2v) is 4.95. The average molecular weight is 324 g/mol. The fraction of sp³-hybridized carbons (Fsp3) is 0.167. The molecule has 24 heavy (non-hydrogen) atoms. The van der Waals surface area contributed by atoms with Crippen LogP contribution in [-0.2, 0) is 4.79 Å². The summed E-state index contributed by atoms with van der Waals surface area (Å²) >= 11 is 0. The number of nitrogens with one attached hydrogen (secondary N) is 1. The van der Waals surface area contributed by atoms with Crippen molar-refractivity contribution in [3.05, 3.63) is 53.6 Å². The molecule has 0 bridgehead atoms. The fourth-order valence-corrected chi connectivity index (χ4v) is 1.97. The van der Waals surface area contributed by atoms with Gasteiger partial charge >= 0.3 is 0 Å². The van der Waals surface area contributed by atoms with E-state index in [-0.39, 0.29) is 18.3 Å². The second-order valence-electron chi connectivity index (χ2n) is 4.95. The maximum atomic E-state index is 11.9.